The Morgan fingerprint density at radius 1 is 1.06 bits per heavy atom. The summed E-state index contributed by atoms with van der Waals surface area (Å²) in [5.74, 6) is 0. The molecule has 0 amide bonds. The molecule has 0 aliphatic carbocycles. The molecule has 0 bridgehead atoms. The molecule has 0 spiro atoms. The average molecular weight is 257 g/mol. The number of H-pyrrole nitrogens is 1. The van der Waals surface area contributed by atoms with Crippen molar-refractivity contribution in [1.29, 1.82) is 0 Å². The second kappa shape index (κ2) is 4.39. The monoisotopic (exact) mass is 256 g/mol. The first-order chi connectivity index (χ1) is 8.72. The molecular weight excluding hydrogens is 244 g/mol. The lowest BCUT2D eigenvalue weighted by atomic mass is 10.2. The number of fused-ring (bicyclic) bond motifs is 1. The molecule has 18 heavy (non-hydrogen) atoms. The quantitative estimate of drug-likeness (QED) is 0.672. The Bertz CT molecular complexity index is 701. The van der Waals surface area contributed by atoms with Crippen LogP contribution in [0.25, 0.3) is 10.9 Å². The van der Waals surface area contributed by atoms with Gasteiger partial charge in [-0.25, -0.2) is 0 Å². The molecule has 0 unspecified atom stereocenters. The van der Waals surface area contributed by atoms with Gasteiger partial charge >= 0.3 is 0 Å². The van der Waals surface area contributed by atoms with E-state index in [4.69, 9.17) is 11.6 Å². The Morgan fingerprint density at radius 2 is 1.94 bits per heavy atom. The molecular formula is C15H13ClN2. The zero-order valence-electron chi connectivity index (χ0n) is 10.00. The number of aromatic amines is 1. The van der Waals surface area contributed by atoms with Crippen molar-refractivity contribution in [1.82, 2.24) is 4.98 Å². The van der Waals surface area contributed by atoms with Gasteiger partial charge in [-0.15, -0.1) is 0 Å². The molecule has 2 aromatic carbocycles. The van der Waals surface area contributed by atoms with E-state index in [1.807, 2.05) is 24.4 Å². The van der Waals surface area contributed by atoms with Gasteiger partial charge in [0.1, 0.15) is 0 Å². The van der Waals surface area contributed by atoms with Crippen LogP contribution in [0.3, 0.4) is 0 Å². The molecule has 1 aromatic heterocycles. The first-order valence-corrected chi connectivity index (χ1v) is 6.20. The van der Waals surface area contributed by atoms with E-state index in [0.29, 0.717) is 0 Å². The maximum atomic E-state index is 6.02. The number of halogens is 1. The highest BCUT2D eigenvalue weighted by molar-refractivity contribution is 6.30. The van der Waals surface area contributed by atoms with Gasteiger partial charge in [0.05, 0.1) is 0 Å². The van der Waals surface area contributed by atoms with Crippen molar-refractivity contribution in [2.24, 2.45) is 0 Å². The van der Waals surface area contributed by atoms with Gasteiger partial charge in [-0.3, -0.25) is 0 Å². The van der Waals surface area contributed by atoms with Gasteiger partial charge in [-0.05, 0) is 48.9 Å². The maximum absolute atomic E-state index is 6.02. The van der Waals surface area contributed by atoms with Crippen molar-refractivity contribution in [2.75, 3.05) is 5.32 Å². The number of anilines is 2. The number of hydrogen-bond acceptors (Lipinski definition) is 1. The minimum Gasteiger partial charge on any atom is -0.361 e. The van der Waals surface area contributed by atoms with Crippen LogP contribution in [0.2, 0.25) is 5.02 Å². The van der Waals surface area contributed by atoms with Crippen molar-refractivity contribution >= 4 is 33.9 Å². The molecule has 0 radical (unpaired) electrons. The van der Waals surface area contributed by atoms with Crippen LogP contribution in [-0.2, 0) is 0 Å². The normalized spacial score (nSPS) is 10.8. The van der Waals surface area contributed by atoms with Crippen LogP contribution in [-0.4, -0.2) is 4.98 Å². The van der Waals surface area contributed by atoms with Crippen LogP contribution in [0, 0.1) is 6.92 Å². The molecule has 3 heteroatoms. The van der Waals surface area contributed by atoms with E-state index in [-0.39, 0.29) is 0 Å². The summed E-state index contributed by atoms with van der Waals surface area (Å²) < 4.78 is 0. The molecule has 0 fully saturated rings. The number of benzene rings is 2. The largest absolute Gasteiger partial charge is 0.361 e. The number of hydrogen-bond donors (Lipinski definition) is 2. The van der Waals surface area contributed by atoms with Crippen LogP contribution < -0.4 is 5.32 Å². The highest BCUT2D eigenvalue weighted by atomic mass is 35.5. The molecule has 0 aliphatic rings. The predicted molar refractivity (Wildman–Crippen MR) is 77.8 cm³/mol. The van der Waals surface area contributed by atoms with Crippen LogP contribution in [0.4, 0.5) is 11.4 Å². The third kappa shape index (κ3) is 2.07. The van der Waals surface area contributed by atoms with Gasteiger partial charge in [0.25, 0.3) is 0 Å². The van der Waals surface area contributed by atoms with E-state index < -0.39 is 0 Å². The third-order valence-corrected chi connectivity index (χ3v) is 3.27. The summed E-state index contributed by atoms with van der Waals surface area (Å²) in [5, 5.41) is 5.33. The van der Waals surface area contributed by atoms with E-state index in [1.165, 1.54) is 10.9 Å². The minimum absolute atomic E-state index is 0.742. The fraction of sp³-hybridized carbons (Fsp3) is 0.0667. The minimum atomic E-state index is 0.742. The van der Waals surface area contributed by atoms with E-state index in [9.17, 15) is 0 Å². The van der Waals surface area contributed by atoms with E-state index >= 15 is 0 Å². The summed E-state index contributed by atoms with van der Waals surface area (Å²) in [6.45, 7) is 2.06. The molecule has 0 saturated heterocycles. The molecule has 3 rings (SSSR count). The topological polar surface area (TPSA) is 27.8 Å². The van der Waals surface area contributed by atoms with Crippen LogP contribution in [0.1, 0.15) is 5.56 Å². The van der Waals surface area contributed by atoms with Crippen LogP contribution >= 0.6 is 11.6 Å². The highest BCUT2D eigenvalue weighted by Crippen LogP contribution is 2.26. The molecule has 90 valence electrons. The molecule has 0 saturated carbocycles. The van der Waals surface area contributed by atoms with Gasteiger partial charge in [-0.2, -0.15) is 0 Å². The summed E-state index contributed by atoms with van der Waals surface area (Å²) in [5.41, 5.74) is 4.42. The maximum Gasteiger partial charge on any atom is 0.0455 e. The lowest BCUT2D eigenvalue weighted by Crippen LogP contribution is -1.92. The summed E-state index contributed by atoms with van der Waals surface area (Å²) >= 11 is 6.02. The zero-order valence-corrected chi connectivity index (χ0v) is 10.8. The van der Waals surface area contributed by atoms with Crippen molar-refractivity contribution in [3.63, 3.8) is 0 Å². The third-order valence-electron chi connectivity index (χ3n) is 3.03. The molecule has 2 nitrogen and oxygen atoms in total. The Balaban J connectivity index is 1.97. The van der Waals surface area contributed by atoms with Gasteiger partial charge < -0.3 is 10.3 Å². The van der Waals surface area contributed by atoms with E-state index in [2.05, 4.69) is 41.5 Å². The summed E-state index contributed by atoms with van der Waals surface area (Å²) in [7, 11) is 0. The highest BCUT2D eigenvalue weighted by Gasteiger charge is 2.01. The average Bonchev–Trinajstić information content (AvgIpc) is 2.81. The van der Waals surface area contributed by atoms with Crippen LogP contribution in [0.15, 0.2) is 48.7 Å². The Hall–Kier alpha value is -1.93. The number of aromatic nitrogens is 1. The number of rotatable bonds is 2. The van der Waals surface area contributed by atoms with E-state index in [1.54, 1.807) is 0 Å². The fourth-order valence-electron chi connectivity index (χ4n) is 2.02. The van der Waals surface area contributed by atoms with Crippen LogP contribution in [0.5, 0.6) is 0 Å². The second-order valence-corrected chi connectivity index (χ2v) is 4.80. The van der Waals surface area contributed by atoms with Crippen molar-refractivity contribution in [2.45, 2.75) is 6.92 Å². The first-order valence-electron chi connectivity index (χ1n) is 5.83. The van der Waals surface area contributed by atoms with Gasteiger partial charge in [-0.1, -0.05) is 17.7 Å². The summed E-state index contributed by atoms with van der Waals surface area (Å²) in [6, 6.07) is 14.2. The zero-order chi connectivity index (χ0) is 12.5. The summed E-state index contributed by atoms with van der Waals surface area (Å²) in [6.07, 6.45) is 1.94. The standard InChI is InChI=1S/C15H13ClN2/c1-10-2-3-12(16)9-15(10)18-13-4-5-14-11(8-13)6-7-17-14/h2-9,17-18H,1H3. The smallest absolute Gasteiger partial charge is 0.0455 e. The molecule has 0 atom stereocenters. The van der Waals surface area contributed by atoms with Crippen molar-refractivity contribution < 1.29 is 0 Å². The lowest BCUT2D eigenvalue weighted by molar-refractivity contribution is 1.43. The molecule has 1 heterocycles. The van der Waals surface area contributed by atoms with E-state index in [0.717, 1.165) is 21.9 Å². The molecule has 2 N–H and O–H groups in total. The van der Waals surface area contributed by atoms with Gasteiger partial charge in [0, 0.05) is 33.5 Å². The lowest BCUT2D eigenvalue weighted by Gasteiger charge is -2.10. The van der Waals surface area contributed by atoms with Crippen molar-refractivity contribution in [3.8, 4) is 0 Å². The summed E-state index contributed by atoms with van der Waals surface area (Å²) in [4.78, 5) is 3.18. The fourth-order valence-corrected chi connectivity index (χ4v) is 2.19. The second-order valence-electron chi connectivity index (χ2n) is 4.36. The number of aryl methyl sites for hydroxylation is 1. The predicted octanol–water partition coefficient (Wildman–Crippen LogP) is 4.87. The Kier molecular flexibility index (Phi) is 2.73. The van der Waals surface area contributed by atoms with Gasteiger partial charge in [0.2, 0.25) is 0 Å². The SMILES string of the molecule is Cc1ccc(Cl)cc1Nc1ccc2[nH]ccc2c1. The molecule has 3 aromatic rings. The Morgan fingerprint density at radius 3 is 2.83 bits per heavy atom. The first kappa shape index (κ1) is 11.2. The Labute approximate surface area is 111 Å². The van der Waals surface area contributed by atoms with Crippen molar-refractivity contribution in [3.05, 3.63) is 59.2 Å². The molecule has 0 aliphatic heterocycles. The van der Waals surface area contributed by atoms with Gasteiger partial charge in [0.15, 0.2) is 0 Å². The number of nitrogens with one attached hydrogen (secondary N) is 2.